The summed E-state index contributed by atoms with van der Waals surface area (Å²) in [7, 11) is 0. The van der Waals surface area contributed by atoms with Crippen LogP contribution in [0, 0.1) is 0 Å². The molecule has 3 aromatic rings. The molecule has 1 atom stereocenters. The maximum absolute atomic E-state index is 11.2. The Kier molecular flexibility index (Phi) is 3.72. The third kappa shape index (κ3) is 2.21. The average molecular weight is 302 g/mol. The van der Waals surface area contributed by atoms with E-state index in [-0.39, 0.29) is 0 Å². The average Bonchev–Trinajstić information content (AvgIpc) is 3.19. The van der Waals surface area contributed by atoms with Gasteiger partial charge in [-0.15, -0.1) is 22.7 Å². The number of thiophene rings is 2. The van der Waals surface area contributed by atoms with Crippen LogP contribution in [-0.4, -0.2) is 10.2 Å². The number of hydrogen-bond donors (Lipinski definition) is 2. The van der Waals surface area contributed by atoms with Crippen molar-refractivity contribution >= 4 is 22.7 Å². The summed E-state index contributed by atoms with van der Waals surface area (Å²) in [6.45, 7) is 0. The molecule has 102 valence electrons. The molecule has 2 nitrogen and oxygen atoms in total. The summed E-state index contributed by atoms with van der Waals surface area (Å²) in [6.07, 6.45) is -0.999. The first kappa shape index (κ1) is 13.5. The van der Waals surface area contributed by atoms with Crippen LogP contribution in [0.15, 0.2) is 65.4 Å². The molecule has 0 aliphatic rings. The Hall–Kier alpha value is -1.46. The van der Waals surface area contributed by atoms with Crippen LogP contribution < -0.4 is 0 Å². The largest absolute Gasteiger partial charge is 0.385 e. The van der Waals surface area contributed by atoms with Gasteiger partial charge in [0.2, 0.25) is 0 Å². The van der Waals surface area contributed by atoms with Crippen molar-refractivity contribution < 1.29 is 10.2 Å². The topological polar surface area (TPSA) is 40.5 Å². The summed E-state index contributed by atoms with van der Waals surface area (Å²) in [6, 6.07) is 16.8. The maximum atomic E-state index is 11.2. The highest BCUT2D eigenvalue weighted by molar-refractivity contribution is 7.11. The highest BCUT2D eigenvalue weighted by atomic mass is 32.1. The minimum Gasteiger partial charge on any atom is -0.385 e. The highest BCUT2D eigenvalue weighted by Gasteiger charge is 2.42. The molecule has 0 fully saturated rings. The molecule has 20 heavy (non-hydrogen) atoms. The van der Waals surface area contributed by atoms with Crippen molar-refractivity contribution in [2.45, 2.75) is 11.7 Å². The fourth-order valence-corrected chi connectivity index (χ4v) is 4.05. The van der Waals surface area contributed by atoms with Crippen molar-refractivity contribution in [2.24, 2.45) is 0 Å². The minimum atomic E-state index is -1.40. The number of benzene rings is 1. The molecule has 3 rings (SSSR count). The number of hydrogen-bond acceptors (Lipinski definition) is 4. The van der Waals surface area contributed by atoms with Crippen molar-refractivity contribution in [3.8, 4) is 0 Å². The molecule has 2 heterocycles. The fraction of sp³-hybridized carbons (Fsp3) is 0.125. The molecule has 0 unspecified atom stereocenters. The highest BCUT2D eigenvalue weighted by Crippen LogP contribution is 2.44. The van der Waals surface area contributed by atoms with Crippen LogP contribution in [0.2, 0.25) is 0 Å². The lowest BCUT2D eigenvalue weighted by molar-refractivity contribution is -0.0467. The predicted octanol–water partition coefficient (Wildman–Crippen LogP) is 3.78. The monoisotopic (exact) mass is 302 g/mol. The summed E-state index contributed by atoms with van der Waals surface area (Å²) in [5.41, 5.74) is -0.694. The Bertz CT molecular complexity index is 611. The van der Waals surface area contributed by atoms with Crippen molar-refractivity contribution in [3.05, 3.63) is 80.7 Å². The Balaban J connectivity index is 2.12. The van der Waals surface area contributed by atoms with Crippen LogP contribution >= 0.6 is 22.7 Å². The Morgan fingerprint density at radius 1 is 0.800 bits per heavy atom. The van der Waals surface area contributed by atoms with Crippen LogP contribution in [0.5, 0.6) is 0 Å². The van der Waals surface area contributed by atoms with E-state index in [2.05, 4.69) is 0 Å². The van der Waals surface area contributed by atoms with Gasteiger partial charge in [-0.2, -0.15) is 0 Å². The first-order valence-electron chi connectivity index (χ1n) is 6.26. The molecule has 2 N–H and O–H groups in total. The quantitative estimate of drug-likeness (QED) is 0.770. The van der Waals surface area contributed by atoms with Gasteiger partial charge in [-0.25, -0.2) is 0 Å². The lowest BCUT2D eigenvalue weighted by Crippen LogP contribution is -2.33. The first-order valence-corrected chi connectivity index (χ1v) is 8.02. The third-order valence-electron chi connectivity index (χ3n) is 3.30. The van der Waals surface area contributed by atoms with Gasteiger partial charge in [0.05, 0.1) is 0 Å². The molecule has 0 aliphatic heterocycles. The second-order valence-electron chi connectivity index (χ2n) is 4.53. The summed E-state index contributed by atoms with van der Waals surface area (Å²) < 4.78 is 0. The lowest BCUT2D eigenvalue weighted by Gasteiger charge is -2.31. The van der Waals surface area contributed by atoms with Gasteiger partial charge < -0.3 is 10.2 Å². The Morgan fingerprint density at radius 3 is 1.80 bits per heavy atom. The van der Waals surface area contributed by atoms with Gasteiger partial charge in [-0.3, -0.25) is 0 Å². The van der Waals surface area contributed by atoms with E-state index in [4.69, 9.17) is 0 Å². The molecule has 4 heteroatoms. The molecular formula is C16H14O2S2. The van der Waals surface area contributed by atoms with E-state index in [9.17, 15) is 10.2 Å². The molecule has 0 radical (unpaired) electrons. The van der Waals surface area contributed by atoms with Gasteiger partial charge in [0.15, 0.2) is 5.60 Å². The van der Waals surface area contributed by atoms with E-state index in [1.807, 2.05) is 65.4 Å². The van der Waals surface area contributed by atoms with Gasteiger partial charge in [0, 0.05) is 9.75 Å². The zero-order valence-electron chi connectivity index (χ0n) is 10.6. The van der Waals surface area contributed by atoms with Gasteiger partial charge in [-0.05, 0) is 28.5 Å². The minimum absolute atomic E-state index is 0.705. The lowest BCUT2D eigenvalue weighted by atomic mass is 9.88. The van der Waals surface area contributed by atoms with Crippen LogP contribution in [-0.2, 0) is 5.60 Å². The van der Waals surface area contributed by atoms with Crippen molar-refractivity contribution in [2.75, 3.05) is 0 Å². The summed E-state index contributed by atoms with van der Waals surface area (Å²) >= 11 is 2.90. The van der Waals surface area contributed by atoms with E-state index in [1.54, 1.807) is 0 Å². The second-order valence-corrected chi connectivity index (χ2v) is 6.43. The zero-order chi connectivity index (χ0) is 14.0. The zero-order valence-corrected chi connectivity index (χ0v) is 12.3. The van der Waals surface area contributed by atoms with Crippen LogP contribution in [0.3, 0.4) is 0 Å². The van der Waals surface area contributed by atoms with Crippen molar-refractivity contribution in [1.82, 2.24) is 0 Å². The third-order valence-corrected chi connectivity index (χ3v) is 5.29. The van der Waals surface area contributed by atoms with Crippen molar-refractivity contribution in [1.29, 1.82) is 0 Å². The smallest absolute Gasteiger partial charge is 0.163 e. The molecule has 0 saturated heterocycles. The van der Waals surface area contributed by atoms with Crippen molar-refractivity contribution in [3.63, 3.8) is 0 Å². The molecular weight excluding hydrogens is 288 g/mol. The standard InChI is InChI=1S/C16H14O2S2/c17-15(12-6-2-1-3-7-12)16(18,13-8-4-10-19-13)14-9-5-11-20-14/h1-11,15,17-18H/t15-/m1/s1. The molecule has 1 aromatic carbocycles. The molecule has 0 saturated carbocycles. The van der Waals surface area contributed by atoms with E-state index >= 15 is 0 Å². The Morgan fingerprint density at radius 2 is 1.35 bits per heavy atom. The maximum Gasteiger partial charge on any atom is 0.163 e. The molecule has 0 amide bonds. The van der Waals surface area contributed by atoms with Gasteiger partial charge >= 0.3 is 0 Å². The van der Waals surface area contributed by atoms with Gasteiger partial charge in [-0.1, -0.05) is 42.5 Å². The SMILES string of the molecule is O[C@H](c1ccccc1)C(O)(c1cccs1)c1cccs1. The van der Waals surface area contributed by atoms with Crippen LogP contribution in [0.4, 0.5) is 0 Å². The summed E-state index contributed by atoms with van der Waals surface area (Å²) in [5, 5.41) is 25.8. The molecule has 0 spiro atoms. The number of aliphatic hydroxyl groups excluding tert-OH is 1. The van der Waals surface area contributed by atoms with E-state index in [1.165, 1.54) is 22.7 Å². The second kappa shape index (κ2) is 5.50. The summed E-state index contributed by atoms with van der Waals surface area (Å²) in [4.78, 5) is 1.49. The summed E-state index contributed by atoms with van der Waals surface area (Å²) in [5.74, 6) is 0. The normalized spacial score (nSPS) is 13.3. The van der Waals surface area contributed by atoms with Crippen LogP contribution in [0.25, 0.3) is 0 Å². The predicted molar refractivity (Wildman–Crippen MR) is 83.0 cm³/mol. The van der Waals surface area contributed by atoms with E-state index in [0.29, 0.717) is 5.56 Å². The fourth-order valence-electron chi connectivity index (χ4n) is 2.26. The van der Waals surface area contributed by atoms with Gasteiger partial charge in [0.25, 0.3) is 0 Å². The first-order chi connectivity index (χ1) is 9.73. The Labute approximate surface area is 125 Å². The van der Waals surface area contributed by atoms with Gasteiger partial charge in [0.1, 0.15) is 6.10 Å². The van der Waals surface area contributed by atoms with E-state index in [0.717, 1.165) is 9.75 Å². The molecule has 2 aromatic heterocycles. The van der Waals surface area contributed by atoms with E-state index < -0.39 is 11.7 Å². The number of rotatable bonds is 4. The molecule has 0 bridgehead atoms. The molecule has 0 aliphatic carbocycles. The van der Waals surface area contributed by atoms with Crippen LogP contribution in [0.1, 0.15) is 21.4 Å². The number of aliphatic hydroxyl groups is 2.